The highest BCUT2D eigenvalue weighted by atomic mass is 32.2. The van der Waals surface area contributed by atoms with Crippen LogP contribution in [0.3, 0.4) is 0 Å². The third-order valence-electron chi connectivity index (χ3n) is 3.21. The molecule has 1 aliphatic rings. The van der Waals surface area contributed by atoms with Crippen LogP contribution in [0.1, 0.15) is 18.1 Å². The standard InChI is InChI=1S/C16H19N3O2S2/c1-3-17-15(22)18-8-9-19-14(20)13(23-16(19)21)10-12-6-4-11(2)5-7-12/h4-7,10H,3,8-9H2,1-2H3,(H2,17,18,22)/b13-10-. The van der Waals surface area contributed by atoms with E-state index in [-0.39, 0.29) is 11.1 Å². The number of nitrogens with one attached hydrogen (secondary N) is 2. The van der Waals surface area contributed by atoms with E-state index in [1.165, 1.54) is 4.90 Å². The third kappa shape index (κ3) is 4.80. The molecule has 0 saturated carbocycles. The van der Waals surface area contributed by atoms with Gasteiger partial charge in [-0.25, -0.2) is 0 Å². The molecule has 0 bridgehead atoms. The number of carbonyl (C=O) groups is 2. The maximum atomic E-state index is 12.3. The molecule has 1 saturated heterocycles. The van der Waals surface area contributed by atoms with Crippen molar-refractivity contribution in [2.75, 3.05) is 19.6 Å². The molecule has 122 valence electrons. The van der Waals surface area contributed by atoms with Gasteiger partial charge in [0.25, 0.3) is 11.1 Å². The van der Waals surface area contributed by atoms with E-state index in [1.807, 2.05) is 38.1 Å². The lowest BCUT2D eigenvalue weighted by Crippen LogP contribution is -2.41. The molecule has 0 aromatic heterocycles. The van der Waals surface area contributed by atoms with Crippen molar-refractivity contribution in [2.24, 2.45) is 0 Å². The molecule has 0 spiro atoms. The predicted octanol–water partition coefficient (Wildman–Crippen LogP) is 2.52. The molecule has 0 radical (unpaired) electrons. The molecule has 0 atom stereocenters. The summed E-state index contributed by atoms with van der Waals surface area (Å²) in [5, 5.41) is 6.20. The van der Waals surface area contributed by atoms with Gasteiger partial charge in [-0.05, 0) is 49.5 Å². The van der Waals surface area contributed by atoms with E-state index in [9.17, 15) is 9.59 Å². The first-order chi connectivity index (χ1) is 11.0. The minimum absolute atomic E-state index is 0.246. The van der Waals surface area contributed by atoms with E-state index < -0.39 is 0 Å². The van der Waals surface area contributed by atoms with Gasteiger partial charge in [0.2, 0.25) is 0 Å². The molecule has 5 nitrogen and oxygen atoms in total. The second kappa shape index (κ2) is 8.12. The van der Waals surface area contributed by atoms with Crippen LogP contribution in [-0.2, 0) is 4.79 Å². The highest BCUT2D eigenvalue weighted by molar-refractivity contribution is 8.18. The lowest BCUT2D eigenvalue weighted by molar-refractivity contribution is -0.122. The van der Waals surface area contributed by atoms with Crippen molar-refractivity contribution in [1.29, 1.82) is 0 Å². The second-order valence-corrected chi connectivity index (χ2v) is 6.43. The molecular formula is C16H19N3O2S2. The van der Waals surface area contributed by atoms with Gasteiger partial charge >= 0.3 is 0 Å². The summed E-state index contributed by atoms with van der Waals surface area (Å²) in [5.74, 6) is -0.253. The van der Waals surface area contributed by atoms with Crippen molar-refractivity contribution >= 4 is 46.3 Å². The van der Waals surface area contributed by atoms with Gasteiger partial charge in [-0.3, -0.25) is 14.5 Å². The fraction of sp³-hybridized carbons (Fsp3) is 0.312. The first-order valence-corrected chi connectivity index (χ1v) is 8.57. The van der Waals surface area contributed by atoms with Crippen LogP contribution in [0.25, 0.3) is 6.08 Å². The van der Waals surface area contributed by atoms with Crippen molar-refractivity contribution in [2.45, 2.75) is 13.8 Å². The number of carbonyl (C=O) groups excluding carboxylic acids is 2. The van der Waals surface area contributed by atoms with Gasteiger partial charge in [0, 0.05) is 19.6 Å². The van der Waals surface area contributed by atoms with E-state index in [0.717, 1.165) is 29.4 Å². The molecule has 1 aliphatic heterocycles. The fourth-order valence-corrected chi connectivity index (χ4v) is 3.12. The number of rotatable bonds is 5. The maximum absolute atomic E-state index is 12.3. The highest BCUT2D eigenvalue weighted by Gasteiger charge is 2.34. The van der Waals surface area contributed by atoms with Crippen molar-refractivity contribution in [1.82, 2.24) is 15.5 Å². The average molecular weight is 349 g/mol. The molecule has 2 rings (SSSR count). The van der Waals surface area contributed by atoms with Crippen LogP contribution in [0, 0.1) is 6.92 Å². The van der Waals surface area contributed by atoms with Gasteiger partial charge in [-0.2, -0.15) is 0 Å². The SMILES string of the molecule is CCNC(=S)NCCN1C(=O)S/C(=C\c2ccc(C)cc2)C1=O. The Morgan fingerprint density at radius 3 is 2.61 bits per heavy atom. The molecule has 0 unspecified atom stereocenters. The lowest BCUT2D eigenvalue weighted by Gasteiger charge is -2.14. The molecule has 2 amide bonds. The number of hydrogen-bond donors (Lipinski definition) is 2. The molecule has 7 heteroatoms. The topological polar surface area (TPSA) is 61.4 Å². The first kappa shape index (κ1) is 17.5. The van der Waals surface area contributed by atoms with Gasteiger partial charge in [0.15, 0.2) is 5.11 Å². The smallest absolute Gasteiger partial charge is 0.293 e. The second-order valence-electron chi connectivity index (χ2n) is 5.03. The van der Waals surface area contributed by atoms with Gasteiger partial charge in [-0.15, -0.1) is 0 Å². The Morgan fingerprint density at radius 1 is 1.26 bits per heavy atom. The van der Waals surface area contributed by atoms with Gasteiger partial charge in [0.1, 0.15) is 0 Å². The number of thiocarbonyl (C=S) groups is 1. The Labute approximate surface area is 145 Å². The monoisotopic (exact) mass is 349 g/mol. The summed E-state index contributed by atoms with van der Waals surface area (Å²) in [5.41, 5.74) is 2.06. The Kier molecular flexibility index (Phi) is 6.18. The van der Waals surface area contributed by atoms with E-state index in [4.69, 9.17) is 12.2 Å². The fourth-order valence-electron chi connectivity index (χ4n) is 2.01. The van der Waals surface area contributed by atoms with Gasteiger partial charge in [-0.1, -0.05) is 29.8 Å². The van der Waals surface area contributed by atoms with Crippen molar-refractivity contribution in [3.8, 4) is 0 Å². The van der Waals surface area contributed by atoms with Crippen LogP contribution in [-0.4, -0.2) is 40.8 Å². The van der Waals surface area contributed by atoms with Crippen molar-refractivity contribution < 1.29 is 9.59 Å². The number of benzene rings is 1. The zero-order valence-electron chi connectivity index (χ0n) is 13.1. The molecule has 1 aromatic rings. The van der Waals surface area contributed by atoms with E-state index in [2.05, 4.69) is 10.6 Å². The summed E-state index contributed by atoms with van der Waals surface area (Å²) in [6.07, 6.45) is 1.75. The van der Waals surface area contributed by atoms with Crippen LogP contribution in [0.4, 0.5) is 4.79 Å². The quantitative estimate of drug-likeness (QED) is 0.629. The van der Waals surface area contributed by atoms with Crippen LogP contribution < -0.4 is 10.6 Å². The molecule has 1 fully saturated rings. The molecule has 1 heterocycles. The van der Waals surface area contributed by atoms with Crippen LogP contribution in [0.2, 0.25) is 0 Å². The maximum Gasteiger partial charge on any atom is 0.293 e. The van der Waals surface area contributed by atoms with Gasteiger partial charge < -0.3 is 10.6 Å². The van der Waals surface area contributed by atoms with Crippen molar-refractivity contribution in [3.63, 3.8) is 0 Å². The number of hydrogen-bond acceptors (Lipinski definition) is 4. The average Bonchev–Trinajstić information content (AvgIpc) is 2.77. The molecule has 0 aliphatic carbocycles. The summed E-state index contributed by atoms with van der Waals surface area (Å²) < 4.78 is 0. The minimum Gasteiger partial charge on any atom is -0.363 e. The highest BCUT2D eigenvalue weighted by Crippen LogP contribution is 2.31. The number of amides is 2. The minimum atomic E-state index is -0.253. The van der Waals surface area contributed by atoms with E-state index in [0.29, 0.717) is 23.1 Å². The molecule has 23 heavy (non-hydrogen) atoms. The summed E-state index contributed by atoms with van der Waals surface area (Å²) >= 11 is 6.02. The third-order valence-corrected chi connectivity index (χ3v) is 4.40. The van der Waals surface area contributed by atoms with Gasteiger partial charge in [0.05, 0.1) is 4.91 Å². The van der Waals surface area contributed by atoms with Crippen LogP contribution in [0.15, 0.2) is 29.2 Å². The normalized spacial score (nSPS) is 16.1. The number of nitrogens with zero attached hydrogens (tertiary/aromatic N) is 1. The Hall–Kier alpha value is -1.86. The summed E-state index contributed by atoms with van der Waals surface area (Å²) in [7, 11) is 0. The largest absolute Gasteiger partial charge is 0.363 e. The van der Waals surface area contributed by atoms with Crippen LogP contribution in [0.5, 0.6) is 0 Å². The summed E-state index contributed by atoms with van der Waals surface area (Å²) in [6.45, 7) is 5.40. The van der Waals surface area contributed by atoms with E-state index >= 15 is 0 Å². The predicted molar refractivity (Wildman–Crippen MR) is 98.1 cm³/mol. The molecule has 2 N–H and O–H groups in total. The Morgan fingerprint density at radius 2 is 1.96 bits per heavy atom. The zero-order chi connectivity index (χ0) is 16.8. The zero-order valence-corrected chi connectivity index (χ0v) is 14.7. The van der Waals surface area contributed by atoms with Crippen molar-refractivity contribution in [3.05, 3.63) is 40.3 Å². The Balaban J connectivity index is 1.96. The lowest BCUT2D eigenvalue weighted by atomic mass is 10.1. The molecule has 1 aromatic carbocycles. The Bertz CT molecular complexity index is 641. The number of thioether (sulfide) groups is 1. The summed E-state index contributed by atoms with van der Waals surface area (Å²) in [4.78, 5) is 26.0. The van der Waals surface area contributed by atoms with Crippen LogP contribution >= 0.6 is 24.0 Å². The number of imide groups is 1. The summed E-state index contributed by atoms with van der Waals surface area (Å²) in [6, 6.07) is 7.81. The number of aryl methyl sites for hydroxylation is 1. The van der Waals surface area contributed by atoms with E-state index in [1.54, 1.807) is 6.08 Å². The molecular weight excluding hydrogens is 330 g/mol. The first-order valence-electron chi connectivity index (χ1n) is 7.35.